The number of thiophene rings is 1. The lowest BCUT2D eigenvalue weighted by atomic mass is 10.2. The Morgan fingerprint density at radius 3 is 2.91 bits per heavy atom. The van der Waals surface area contributed by atoms with E-state index in [-0.39, 0.29) is 11.9 Å². The smallest absolute Gasteiger partial charge is 0.267 e. The number of carbonyl (C=O) groups is 1. The quantitative estimate of drug-likeness (QED) is 0.883. The summed E-state index contributed by atoms with van der Waals surface area (Å²) in [6.07, 6.45) is 0.933. The molecule has 23 heavy (non-hydrogen) atoms. The van der Waals surface area contributed by atoms with E-state index in [0.29, 0.717) is 5.69 Å². The van der Waals surface area contributed by atoms with Gasteiger partial charge in [-0.3, -0.25) is 9.69 Å². The summed E-state index contributed by atoms with van der Waals surface area (Å²) in [4.78, 5) is 19.4. The van der Waals surface area contributed by atoms with Crippen LogP contribution in [0.2, 0.25) is 0 Å². The Balaban J connectivity index is 1.81. The number of rotatable bonds is 5. The van der Waals surface area contributed by atoms with Gasteiger partial charge in [0.1, 0.15) is 5.69 Å². The van der Waals surface area contributed by atoms with Gasteiger partial charge in [0.25, 0.3) is 5.91 Å². The van der Waals surface area contributed by atoms with Crippen molar-refractivity contribution in [2.75, 3.05) is 26.3 Å². The molecule has 1 fully saturated rings. The van der Waals surface area contributed by atoms with Gasteiger partial charge in [-0.05, 0) is 26.3 Å². The van der Waals surface area contributed by atoms with Gasteiger partial charge < -0.3 is 15.0 Å². The normalized spacial score (nSPS) is 17.5. The maximum absolute atomic E-state index is 12.3. The number of aromatic amines is 1. The fourth-order valence-corrected chi connectivity index (χ4v) is 3.91. The van der Waals surface area contributed by atoms with Crippen LogP contribution >= 0.6 is 11.3 Å². The minimum atomic E-state index is -0.0160. The third kappa shape index (κ3) is 3.59. The molecule has 1 saturated heterocycles. The van der Waals surface area contributed by atoms with Crippen LogP contribution in [0.5, 0.6) is 0 Å². The monoisotopic (exact) mass is 335 g/mol. The lowest BCUT2D eigenvalue weighted by Crippen LogP contribution is -2.35. The number of H-pyrrole nitrogens is 1. The molecule has 0 spiro atoms. The first-order valence-corrected chi connectivity index (χ1v) is 9.12. The zero-order valence-corrected chi connectivity index (χ0v) is 14.9. The van der Waals surface area contributed by atoms with Crippen LogP contribution in [-0.4, -0.2) is 48.1 Å². The second-order valence-electron chi connectivity index (χ2n) is 6.23. The van der Waals surface area contributed by atoms with Gasteiger partial charge in [0.2, 0.25) is 0 Å². The van der Waals surface area contributed by atoms with Crippen LogP contribution in [0.25, 0.3) is 10.2 Å². The largest absolute Gasteiger partial charge is 0.379 e. The predicted molar refractivity (Wildman–Crippen MR) is 94.2 cm³/mol. The van der Waals surface area contributed by atoms with Crippen LogP contribution in [0.15, 0.2) is 6.07 Å². The van der Waals surface area contributed by atoms with Gasteiger partial charge in [-0.1, -0.05) is 6.92 Å². The van der Waals surface area contributed by atoms with Crippen molar-refractivity contribution in [3.63, 3.8) is 0 Å². The van der Waals surface area contributed by atoms with Crippen molar-refractivity contribution in [2.24, 2.45) is 0 Å². The Morgan fingerprint density at radius 1 is 1.48 bits per heavy atom. The topological polar surface area (TPSA) is 57.4 Å². The van der Waals surface area contributed by atoms with E-state index in [2.05, 4.69) is 29.0 Å². The summed E-state index contributed by atoms with van der Waals surface area (Å²) in [7, 11) is 0. The highest BCUT2D eigenvalue weighted by molar-refractivity contribution is 7.19. The number of morpholine rings is 1. The van der Waals surface area contributed by atoms with Gasteiger partial charge in [-0.25, -0.2) is 0 Å². The van der Waals surface area contributed by atoms with E-state index in [1.54, 1.807) is 11.3 Å². The Bertz CT molecular complexity index is 685. The molecule has 126 valence electrons. The highest BCUT2D eigenvalue weighted by Gasteiger charge is 2.19. The van der Waals surface area contributed by atoms with Crippen molar-refractivity contribution in [1.82, 2.24) is 15.2 Å². The fourth-order valence-electron chi connectivity index (χ4n) is 2.84. The van der Waals surface area contributed by atoms with Crippen molar-refractivity contribution in [1.29, 1.82) is 0 Å². The minimum absolute atomic E-state index is 0.0160. The maximum Gasteiger partial charge on any atom is 0.267 e. The molecule has 1 amide bonds. The zero-order valence-electron chi connectivity index (χ0n) is 14.1. The van der Waals surface area contributed by atoms with E-state index >= 15 is 0 Å². The molecule has 5 nitrogen and oxygen atoms in total. The van der Waals surface area contributed by atoms with Crippen LogP contribution in [0, 0.1) is 6.92 Å². The fraction of sp³-hybridized carbons (Fsp3) is 0.588. The molecule has 2 aromatic heterocycles. The molecule has 0 aliphatic carbocycles. The molecule has 2 N–H and O–H groups in total. The molecule has 1 aliphatic heterocycles. The molecule has 2 aromatic rings. The molecule has 1 unspecified atom stereocenters. The predicted octanol–water partition coefficient (Wildman–Crippen LogP) is 2.90. The van der Waals surface area contributed by atoms with Crippen molar-refractivity contribution < 1.29 is 9.53 Å². The second kappa shape index (κ2) is 7.03. The first-order valence-electron chi connectivity index (χ1n) is 8.30. The number of aryl methyl sites for hydroxylation is 1. The third-order valence-electron chi connectivity index (χ3n) is 4.49. The number of aromatic nitrogens is 1. The number of fused-ring (bicyclic) bond motifs is 1. The molecular weight excluding hydrogens is 310 g/mol. The first kappa shape index (κ1) is 16.5. The van der Waals surface area contributed by atoms with Gasteiger partial charge >= 0.3 is 0 Å². The van der Waals surface area contributed by atoms with Gasteiger partial charge in [-0.15, -0.1) is 11.3 Å². The molecule has 1 atom stereocenters. The number of amides is 1. The second-order valence-corrected chi connectivity index (χ2v) is 7.49. The molecular formula is C17H25N3O2S. The standard InChI is InChI=1S/C17H25N3O2S/c1-4-11(2)18-17(21)14-9-15-16(19-14)13(12(3)23-15)10-20-5-7-22-8-6-20/h9,11,19H,4-8,10H2,1-3H3,(H,18,21). The molecule has 0 radical (unpaired) electrons. The van der Waals surface area contributed by atoms with E-state index in [4.69, 9.17) is 4.74 Å². The summed E-state index contributed by atoms with van der Waals surface area (Å²) >= 11 is 1.76. The van der Waals surface area contributed by atoms with E-state index in [1.165, 1.54) is 15.1 Å². The Labute approximate surface area is 141 Å². The van der Waals surface area contributed by atoms with Crippen LogP contribution in [0.3, 0.4) is 0 Å². The lowest BCUT2D eigenvalue weighted by Gasteiger charge is -2.26. The molecule has 3 rings (SSSR count). The van der Waals surface area contributed by atoms with E-state index in [0.717, 1.165) is 44.8 Å². The summed E-state index contributed by atoms with van der Waals surface area (Å²) in [5.74, 6) is -0.0160. The molecule has 3 heterocycles. The van der Waals surface area contributed by atoms with E-state index in [9.17, 15) is 4.79 Å². The summed E-state index contributed by atoms with van der Waals surface area (Å²) < 4.78 is 6.59. The van der Waals surface area contributed by atoms with Crippen molar-refractivity contribution in [3.8, 4) is 0 Å². The maximum atomic E-state index is 12.3. The molecule has 0 bridgehead atoms. The Hall–Kier alpha value is -1.37. The lowest BCUT2D eigenvalue weighted by molar-refractivity contribution is 0.0343. The average Bonchev–Trinajstić information content (AvgIpc) is 3.07. The summed E-state index contributed by atoms with van der Waals surface area (Å²) in [5.41, 5.74) is 3.09. The van der Waals surface area contributed by atoms with Crippen LogP contribution in [0.4, 0.5) is 0 Å². The number of carbonyl (C=O) groups excluding carboxylic acids is 1. The zero-order chi connectivity index (χ0) is 16.4. The molecule has 1 aliphatic rings. The Kier molecular flexibility index (Phi) is 5.04. The SMILES string of the molecule is CCC(C)NC(=O)c1cc2sc(C)c(CN3CCOCC3)c2[nH]1. The highest BCUT2D eigenvalue weighted by atomic mass is 32.1. The van der Waals surface area contributed by atoms with Gasteiger partial charge in [0.05, 0.1) is 23.4 Å². The van der Waals surface area contributed by atoms with E-state index in [1.807, 2.05) is 13.0 Å². The van der Waals surface area contributed by atoms with Crippen molar-refractivity contribution in [3.05, 3.63) is 22.2 Å². The van der Waals surface area contributed by atoms with Crippen LogP contribution in [-0.2, 0) is 11.3 Å². The average molecular weight is 335 g/mol. The third-order valence-corrected chi connectivity index (χ3v) is 5.59. The van der Waals surface area contributed by atoms with Crippen molar-refractivity contribution >= 4 is 27.5 Å². The molecule has 0 saturated carbocycles. The summed E-state index contributed by atoms with van der Waals surface area (Å²) in [6.45, 7) is 10.7. The Morgan fingerprint density at radius 2 is 2.22 bits per heavy atom. The minimum Gasteiger partial charge on any atom is -0.379 e. The number of nitrogens with zero attached hydrogens (tertiary/aromatic N) is 1. The number of hydrogen-bond donors (Lipinski definition) is 2. The van der Waals surface area contributed by atoms with Crippen LogP contribution in [0.1, 0.15) is 41.2 Å². The summed E-state index contributed by atoms with van der Waals surface area (Å²) in [5, 5.41) is 3.02. The number of nitrogens with one attached hydrogen (secondary N) is 2. The van der Waals surface area contributed by atoms with Gasteiger partial charge in [0, 0.05) is 36.1 Å². The van der Waals surface area contributed by atoms with Crippen LogP contribution < -0.4 is 5.32 Å². The van der Waals surface area contributed by atoms with Crippen molar-refractivity contribution in [2.45, 2.75) is 39.8 Å². The number of hydrogen-bond acceptors (Lipinski definition) is 4. The first-order chi connectivity index (χ1) is 11.1. The van der Waals surface area contributed by atoms with Gasteiger partial charge in [-0.2, -0.15) is 0 Å². The van der Waals surface area contributed by atoms with E-state index < -0.39 is 0 Å². The molecule has 0 aromatic carbocycles. The highest BCUT2D eigenvalue weighted by Crippen LogP contribution is 2.32. The van der Waals surface area contributed by atoms with Gasteiger partial charge in [0.15, 0.2) is 0 Å². The molecule has 6 heteroatoms. The summed E-state index contributed by atoms with van der Waals surface area (Å²) in [6, 6.07) is 2.17. The number of ether oxygens (including phenoxy) is 1.